The van der Waals surface area contributed by atoms with Crippen molar-refractivity contribution in [2.24, 2.45) is 4.99 Å². The summed E-state index contributed by atoms with van der Waals surface area (Å²) in [6.45, 7) is 2.47. The van der Waals surface area contributed by atoms with E-state index in [-0.39, 0.29) is 0 Å². The number of hydrogen-bond donors (Lipinski definition) is 2. The molecule has 1 atom stereocenters. The number of nitrogens with two attached hydrogens (primary N) is 1. The van der Waals surface area contributed by atoms with Gasteiger partial charge in [0.25, 0.3) is 6.02 Å². The number of hydrogen-bond acceptors (Lipinski definition) is 4. The summed E-state index contributed by atoms with van der Waals surface area (Å²) >= 11 is 0. The second kappa shape index (κ2) is 6.52. The van der Waals surface area contributed by atoms with E-state index in [0.29, 0.717) is 18.3 Å². The molecule has 1 unspecified atom stereocenters. The summed E-state index contributed by atoms with van der Waals surface area (Å²) in [5.41, 5.74) is 10.2. The van der Waals surface area contributed by atoms with Crippen LogP contribution in [0.25, 0.3) is 0 Å². The maximum absolute atomic E-state index is 11.4. The number of aliphatic imine (C=N–C) groups is 1. The van der Waals surface area contributed by atoms with Gasteiger partial charge in [0.2, 0.25) is 0 Å². The summed E-state index contributed by atoms with van der Waals surface area (Å²) < 4.78 is 5.65. The van der Waals surface area contributed by atoms with E-state index in [2.05, 4.69) is 22.4 Å². The lowest BCUT2D eigenvalue weighted by Crippen LogP contribution is -2.28. The van der Waals surface area contributed by atoms with Crippen LogP contribution in [0.15, 0.2) is 47.5 Å². The van der Waals surface area contributed by atoms with E-state index < -0.39 is 6.10 Å². The molecule has 0 aliphatic carbocycles. The molecule has 1 aliphatic rings. The molecular weight excluding hydrogens is 290 g/mol. The molecule has 0 saturated carbocycles. The molecule has 118 valence electrons. The van der Waals surface area contributed by atoms with E-state index in [0.717, 1.165) is 29.5 Å². The Bertz CT molecular complexity index is 741. The smallest absolute Gasteiger partial charge is 0.290 e. The quantitative estimate of drug-likeness (QED) is 0.672. The van der Waals surface area contributed by atoms with Crippen molar-refractivity contribution >= 4 is 23.7 Å². The molecule has 3 N–H and O–H groups in total. The number of nitrogens with one attached hydrogen (secondary N) is 1. The summed E-state index contributed by atoms with van der Waals surface area (Å²) in [6, 6.07) is 14.2. The van der Waals surface area contributed by atoms with Gasteiger partial charge in [0.05, 0.1) is 5.69 Å². The van der Waals surface area contributed by atoms with E-state index >= 15 is 0 Å². The number of aldehydes is 1. The van der Waals surface area contributed by atoms with E-state index in [9.17, 15) is 4.79 Å². The van der Waals surface area contributed by atoms with Gasteiger partial charge in [0.15, 0.2) is 12.4 Å². The third-order valence-electron chi connectivity index (χ3n) is 3.94. The first-order valence-corrected chi connectivity index (χ1v) is 7.55. The first-order valence-electron chi connectivity index (χ1n) is 7.55. The van der Waals surface area contributed by atoms with Crippen molar-refractivity contribution in [3.05, 3.63) is 59.2 Å². The lowest BCUT2D eigenvalue weighted by Gasteiger charge is -2.27. The van der Waals surface area contributed by atoms with Crippen LogP contribution in [0.2, 0.25) is 0 Å². The van der Waals surface area contributed by atoms with Crippen molar-refractivity contribution < 1.29 is 9.53 Å². The van der Waals surface area contributed by atoms with Gasteiger partial charge in [-0.2, -0.15) is 0 Å². The normalized spacial score (nSPS) is 18.0. The van der Waals surface area contributed by atoms with Crippen molar-refractivity contribution in [3.8, 4) is 0 Å². The number of amidine groups is 1. The van der Waals surface area contributed by atoms with Crippen LogP contribution in [0.1, 0.15) is 22.8 Å². The molecule has 0 radical (unpaired) electrons. The molecule has 0 aromatic heterocycles. The van der Waals surface area contributed by atoms with Crippen LogP contribution in [-0.4, -0.2) is 18.9 Å². The zero-order valence-corrected chi connectivity index (χ0v) is 13.0. The zero-order valence-electron chi connectivity index (χ0n) is 13.0. The van der Waals surface area contributed by atoms with Gasteiger partial charge in [0, 0.05) is 17.8 Å². The summed E-state index contributed by atoms with van der Waals surface area (Å²) in [4.78, 5) is 15.8. The Kier molecular flexibility index (Phi) is 4.28. The minimum atomic E-state index is -0.676. The number of anilines is 2. The van der Waals surface area contributed by atoms with Gasteiger partial charge in [-0.05, 0) is 36.6 Å². The fourth-order valence-electron chi connectivity index (χ4n) is 2.65. The molecule has 0 bridgehead atoms. The first kappa shape index (κ1) is 15.1. The third-order valence-corrected chi connectivity index (χ3v) is 3.94. The molecule has 5 heteroatoms. The maximum Gasteiger partial charge on any atom is 0.290 e. The molecule has 2 aromatic rings. The monoisotopic (exact) mass is 309 g/mol. The Labute approximate surface area is 135 Å². The molecule has 1 heterocycles. The van der Waals surface area contributed by atoms with E-state index in [1.54, 1.807) is 0 Å². The lowest BCUT2D eigenvalue weighted by molar-refractivity contribution is -0.114. The Morgan fingerprint density at radius 2 is 2.04 bits per heavy atom. The number of fused-ring (bicyclic) bond motifs is 1. The fourth-order valence-corrected chi connectivity index (χ4v) is 2.65. The average molecular weight is 309 g/mol. The number of rotatable bonds is 4. The third kappa shape index (κ3) is 3.18. The van der Waals surface area contributed by atoms with Crippen LogP contribution in [-0.2, 0) is 16.0 Å². The van der Waals surface area contributed by atoms with Crippen molar-refractivity contribution in [3.63, 3.8) is 0 Å². The van der Waals surface area contributed by atoms with Crippen molar-refractivity contribution in [1.29, 1.82) is 0 Å². The van der Waals surface area contributed by atoms with Gasteiger partial charge in [-0.25, -0.2) is 4.99 Å². The van der Waals surface area contributed by atoms with Crippen LogP contribution in [0, 0.1) is 6.92 Å². The highest BCUT2D eigenvalue weighted by Crippen LogP contribution is 2.34. The zero-order chi connectivity index (χ0) is 16.2. The van der Waals surface area contributed by atoms with Gasteiger partial charge in [0.1, 0.15) is 0 Å². The van der Waals surface area contributed by atoms with Gasteiger partial charge in [-0.3, -0.25) is 4.79 Å². The molecule has 0 saturated heterocycles. The summed E-state index contributed by atoms with van der Waals surface area (Å²) in [5.74, 6) is 0. The number of nitrogen functional groups attached to an aromatic ring is 1. The van der Waals surface area contributed by atoms with Gasteiger partial charge < -0.3 is 15.8 Å². The highest BCUT2D eigenvalue weighted by Gasteiger charge is 2.27. The predicted molar refractivity (Wildman–Crippen MR) is 91.6 cm³/mol. The molecule has 2 aromatic carbocycles. The molecule has 5 nitrogen and oxygen atoms in total. The second-order valence-electron chi connectivity index (χ2n) is 5.46. The standard InChI is InChI=1S/C18H19N3O2/c1-12-14(19)7-8-15-17(12)16(11-22)23-18(21-15)20-10-9-13-5-3-2-4-6-13/h2-8,11,16H,9-10,19H2,1H3,(H,20,21). The minimum Gasteiger partial charge on any atom is -0.449 e. The predicted octanol–water partition coefficient (Wildman–Crippen LogP) is 2.86. The summed E-state index contributed by atoms with van der Waals surface area (Å²) in [7, 11) is 0. The Balaban J connectivity index is 1.77. The van der Waals surface area contributed by atoms with Gasteiger partial charge in [-0.15, -0.1) is 0 Å². The van der Waals surface area contributed by atoms with E-state index in [4.69, 9.17) is 10.5 Å². The van der Waals surface area contributed by atoms with Crippen LogP contribution in [0.3, 0.4) is 0 Å². The van der Waals surface area contributed by atoms with Gasteiger partial charge >= 0.3 is 0 Å². The highest BCUT2D eigenvalue weighted by atomic mass is 16.5. The van der Waals surface area contributed by atoms with E-state index in [1.807, 2.05) is 37.3 Å². The van der Waals surface area contributed by atoms with Crippen molar-refractivity contribution in [1.82, 2.24) is 0 Å². The number of nitrogens with zero attached hydrogens (tertiary/aromatic N) is 1. The van der Waals surface area contributed by atoms with Crippen LogP contribution >= 0.6 is 0 Å². The van der Waals surface area contributed by atoms with E-state index in [1.165, 1.54) is 5.56 Å². The molecule has 23 heavy (non-hydrogen) atoms. The highest BCUT2D eigenvalue weighted by molar-refractivity contribution is 5.95. The molecule has 1 aliphatic heterocycles. The van der Waals surface area contributed by atoms with Crippen molar-refractivity contribution in [2.45, 2.75) is 19.4 Å². The van der Waals surface area contributed by atoms with Gasteiger partial charge in [-0.1, -0.05) is 30.3 Å². The summed E-state index contributed by atoms with van der Waals surface area (Å²) in [5, 5.41) is 3.13. The fraction of sp³-hybridized carbons (Fsp3) is 0.222. The largest absolute Gasteiger partial charge is 0.449 e. The maximum atomic E-state index is 11.4. The topological polar surface area (TPSA) is 76.7 Å². The number of carbonyl (C=O) groups is 1. The number of carbonyl (C=O) groups excluding carboxylic acids is 1. The van der Waals surface area contributed by atoms with Crippen LogP contribution in [0.5, 0.6) is 0 Å². The molecule has 0 fully saturated rings. The van der Waals surface area contributed by atoms with Crippen LogP contribution in [0.4, 0.5) is 11.4 Å². The Morgan fingerprint density at radius 1 is 1.26 bits per heavy atom. The van der Waals surface area contributed by atoms with Crippen LogP contribution < -0.4 is 11.1 Å². The second-order valence-corrected chi connectivity index (χ2v) is 5.46. The Hall–Kier alpha value is -2.82. The molecule has 3 rings (SSSR count). The first-order chi connectivity index (χ1) is 11.2. The SMILES string of the molecule is Cc1c(N)ccc2c1C(C=O)OC(=NCCc1ccccc1)N2. The summed E-state index contributed by atoms with van der Waals surface area (Å²) in [6.07, 6.45) is 0.915. The molecule has 0 spiro atoms. The number of ether oxygens (including phenoxy) is 1. The number of benzene rings is 2. The Morgan fingerprint density at radius 3 is 2.78 bits per heavy atom. The van der Waals surface area contributed by atoms with Crippen molar-refractivity contribution in [2.75, 3.05) is 17.6 Å². The lowest BCUT2D eigenvalue weighted by atomic mass is 9.99. The average Bonchev–Trinajstić information content (AvgIpc) is 2.58. The molecule has 0 amide bonds. The molecular formula is C18H19N3O2. The minimum absolute atomic E-state index is 0.370.